The summed E-state index contributed by atoms with van der Waals surface area (Å²) in [4.78, 5) is 0. The van der Waals surface area contributed by atoms with Crippen molar-refractivity contribution in [3.05, 3.63) is 59.7 Å². The zero-order valence-corrected chi connectivity index (χ0v) is 11.2. The number of aliphatic hydroxyl groups excluding tert-OH is 2. The van der Waals surface area contributed by atoms with Crippen LogP contribution in [0.15, 0.2) is 48.5 Å². The van der Waals surface area contributed by atoms with Gasteiger partial charge in [-0.2, -0.15) is 0 Å². The summed E-state index contributed by atoms with van der Waals surface area (Å²) < 4.78 is 0. The summed E-state index contributed by atoms with van der Waals surface area (Å²) in [6, 6.07) is 13.1. The normalized spacial score (nSPS) is 20.9. The lowest BCUT2D eigenvalue weighted by Crippen LogP contribution is -2.19. The molecule has 1 aliphatic rings. The molecule has 3 aromatic carbocycles. The van der Waals surface area contributed by atoms with Gasteiger partial charge in [0.25, 0.3) is 0 Å². The number of aliphatic hydroxyl groups is 2. The Balaban J connectivity index is 2.12. The summed E-state index contributed by atoms with van der Waals surface area (Å²) in [6.45, 7) is 0. The summed E-state index contributed by atoms with van der Waals surface area (Å²) in [5.74, 6) is 0.235. The first kappa shape index (κ1) is 12.4. The van der Waals surface area contributed by atoms with Crippen molar-refractivity contribution in [1.82, 2.24) is 0 Å². The van der Waals surface area contributed by atoms with E-state index in [2.05, 4.69) is 0 Å². The molecule has 1 aliphatic carbocycles. The van der Waals surface area contributed by atoms with Gasteiger partial charge in [0, 0.05) is 0 Å². The van der Waals surface area contributed by atoms with E-state index in [1.165, 1.54) is 0 Å². The maximum Gasteiger partial charge on any atom is 0.116 e. The number of phenols is 1. The van der Waals surface area contributed by atoms with E-state index in [4.69, 9.17) is 0 Å². The van der Waals surface area contributed by atoms with Crippen LogP contribution in [0.1, 0.15) is 17.2 Å². The van der Waals surface area contributed by atoms with Crippen molar-refractivity contribution in [2.45, 2.75) is 12.2 Å². The molecule has 0 aliphatic heterocycles. The molecule has 2 unspecified atom stereocenters. The molecule has 0 heterocycles. The zero-order chi connectivity index (χ0) is 14.6. The summed E-state index contributed by atoms with van der Waals surface area (Å²) in [6.07, 6.45) is 1.71. The van der Waals surface area contributed by atoms with E-state index in [9.17, 15) is 15.3 Å². The van der Waals surface area contributed by atoms with Crippen LogP contribution in [0.2, 0.25) is 0 Å². The summed E-state index contributed by atoms with van der Waals surface area (Å²) >= 11 is 0. The fourth-order valence-electron chi connectivity index (χ4n) is 3.09. The lowest BCUT2D eigenvalue weighted by Gasteiger charge is -2.23. The first-order valence-corrected chi connectivity index (χ1v) is 6.88. The predicted molar refractivity (Wildman–Crippen MR) is 83.1 cm³/mol. The van der Waals surface area contributed by atoms with E-state index in [-0.39, 0.29) is 5.75 Å². The minimum atomic E-state index is -0.894. The summed E-state index contributed by atoms with van der Waals surface area (Å²) in [7, 11) is 0. The highest BCUT2D eigenvalue weighted by atomic mass is 16.3. The summed E-state index contributed by atoms with van der Waals surface area (Å²) in [5.41, 5.74) is 1.66. The molecular formula is C18H14O3. The number of aromatic hydroxyl groups is 1. The Bertz CT molecular complexity index is 896. The topological polar surface area (TPSA) is 60.7 Å². The fourth-order valence-corrected chi connectivity index (χ4v) is 3.09. The predicted octanol–water partition coefficient (Wildman–Crippen LogP) is 3.12. The van der Waals surface area contributed by atoms with E-state index in [0.717, 1.165) is 32.7 Å². The molecule has 0 bridgehead atoms. The standard InChI is InChI=1S/C18H14O3/c19-11-3-1-10-2-4-12-13-7-8-17(20)18(21)15(13)6-5-14(12)16(10)9-11/h1-9,17-21H. The number of fused-ring (bicyclic) bond motifs is 5. The Labute approximate surface area is 121 Å². The Kier molecular flexibility index (Phi) is 2.55. The van der Waals surface area contributed by atoms with Crippen LogP contribution in [0.4, 0.5) is 0 Å². The van der Waals surface area contributed by atoms with Crippen molar-refractivity contribution in [1.29, 1.82) is 0 Å². The summed E-state index contributed by atoms with van der Waals surface area (Å²) in [5, 5.41) is 33.6. The fraction of sp³-hybridized carbons (Fsp3) is 0.111. The van der Waals surface area contributed by atoms with E-state index in [1.54, 1.807) is 18.2 Å². The lowest BCUT2D eigenvalue weighted by molar-refractivity contribution is 0.0471. The Morgan fingerprint density at radius 1 is 0.810 bits per heavy atom. The van der Waals surface area contributed by atoms with Gasteiger partial charge in [-0.25, -0.2) is 0 Å². The van der Waals surface area contributed by atoms with Crippen molar-refractivity contribution in [3.8, 4) is 5.75 Å². The van der Waals surface area contributed by atoms with Crippen molar-refractivity contribution >= 4 is 27.6 Å². The second-order valence-electron chi connectivity index (χ2n) is 5.43. The van der Waals surface area contributed by atoms with Gasteiger partial charge in [-0.3, -0.25) is 0 Å². The van der Waals surface area contributed by atoms with E-state index >= 15 is 0 Å². The third-order valence-electron chi connectivity index (χ3n) is 4.18. The van der Waals surface area contributed by atoms with Gasteiger partial charge < -0.3 is 15.3 Å². The van der Waals surface area contributed by atoms with Gasteiger partial charge in [-0.05, 0) is 44.8 Å². The third-order valence-corrected chi connectivity index (χ3v) is 4.18. The molecule has 0 saturated heterocycles. The van der Waals surface area contributed by atoms with Gasteiger partial charge in [0.1, 0.15) is 18.0 Å². The molecule has 0 aromatic heterocycles. The quantitative estimate of drug-likeness (QED) is 0.554. The average Bonchev–Trinajstić information content (AvgIpc) is 2.50. The van der Waals surface area contributed by atoms with Crippen LogP contribution in [-0.2, 0) is 0 Å². The first-order valence-electron chi connectivity index (χ1n) is 6.88. The minimum absolute atomic E-state index is 0.235. The van der Waals surface area contributed by atoms with Crippen LogP contribution in [0.25, 0.3) is 27.6 Å². The second kappa shape index (κ2) is 4.32. The van der Waals surface area contributed by atoms with E-state index < -0.39 is 12.2 Å². The maximum absolute atomic E-state index is 10.1. The number of phenolic OH excluding ortho intramolecular Hbond substituents is 1. The van der Waals surface area contributed by atoms with Crippen LogP contribution < -0.4 is 0 Å². The van der Waals surface area contributed by atoms with Crippen LogP contribution in [0.5, 0.6) is 5.75 Å². The molecule has 3 N–H and O–H groups in total. The SMILES string of the molecule is Oc1ccc2ccc3c4c(ccc3c2c1)C(O)C(O)C=C4. The molecule has 104 valence electrons. The smallest absolute Gasteiger partial charge is 0.116 e. The maximum atomic E-state index is 10.1. The molecule has 0 radical (unpaired) electrons. The number of rotatable bonds is 0. The van der Waals surface area contributed by atoms with Gasteiger partial charge in [0.2, 0.25) is 0 Å². The molecule has 21 heavy (non-hydrogen) atoms. The van der Waals surface area contributed by atoms with Gasteiger partial charge in [0.15, 0.2) is 0 Å². The van der Waals surface area contributed by atoms with Crippen molar-refractivity contribution in [2.24, 2.45) is 0 Å². The molecule has 3 aromatic rings. The highest BCUT2D eigenvalue weighted by Crippen LogP contribution is 2.36. The minimum Gasteiger partial charge on any atom is -0.508 e. The van der Waals surface area contributed by atoms with Crippen LogP contribution in [0.3, 0.4) is 0 Å². The van der Waals surface area contributed by atoms with Crippen molar-refractivity contribution in [2.75, 3.05) is 0 Å². The highest BCUT2D eigenvalue weighted by molar-refractivity contribution is 6.10. The van der Waals surface area contributed by atoms with Gasteiger partial charge in [-0.1, -0.05) is 42.5 Å². The number of hydrogen-bond donors (Lipinski definition) is 3. The Morgan fingerprint density at radius 3 is 2.43 bits per heavy atom. The van der Waals surface area contributed by atoms with Gasteiger partial charge in [0.05, 0.1) is 0 Å². The van der Waals surface area contributed by atoms with Crippen molar-refractivity contribution in [3.63, 3.8) is 0 Å². The molecule has 0 saturated carbocycles. The molecule has 0 amide bonds. The number of hydrogen-bond acceptors (Lipinski definition) is 3. The monoisotopic (exact) mass is 278 g/mol. The highest BCUT2D eigenvalue weighted by Gasteiger charge is 2.23. The molecule has 4 rings (SSSR count). The second-order valence-corrected chi connectivity index (χ2v) is 5.43. The average molecular weight is 278 g/mol. The van der Waals surface area contributed by atoms with Gasteiger partial charge in [-0.15, -0.1) is 0 Å². The largest absolute Gasteiger partial charge is 0.508 e. The first-order chi connectivity index (χ1) is 10.1. The molecule has 0 spiro atoms. The van der Waals surface area contributed by atoms with E-state index in [0.29, 0.717) is 0 Å². The van der Waals surface area contributed by atoms with Crippen molar-refractivity contribution < 1.29 is 15.3 Å². The Morgan fingerprint density at radius 2 is 1.57 bits per heavy atom. The third kappa shape index (κ3) is 1.75. The Hall–Kier alpha value is -2.36. The zero-order valence-electron chi connectivity index (χ0n) is 11.2. The van der Waals surface area contributed by atoms with Crippen LogP contribution >= 0.6 is 0 Å². The molecular weight excluding hydrogens is 264 g/mol. The molecule has 3 heteroatoms. The number of benzene rings is 3. The molecule has 3 nitrogen and oxygen atoms in total. The van der Waals surface area contributed by atoms with Crippen LogP contribution in [-0.4, -0.2) is 21.4 Å². The van der Waals surface area contributed by atoms with Gasteiger partial charge >= 0.3 is 0 Å². The van der Waals surface area contributed by atoms with E-state index in [1.807, 2.05) is 36.4 Å². The molecule has 2 atom stereocenters. The lowest BCUT2D eigenvalue weighted by atomic mass is 9.87. The molecule has 0 fully saturated rings. The van der Waals surface area contributed by atoms with Crippen LogP contribution in [0, 0.1) is 0 Å².